The maximum atomic E-state index is 13.4. The molecule has 17 heavy (non-hydrogen) atoms. The largest absolute Gasteiger partial charge is 0.397 e. The molecule has 0 heterocycles. The lowest BCUT2D eigenvalue weighted by Crippen LogP contribution is -1.99. The molecule has 2 rings (SSSR count). The molecule has 2 aromatic carbocycles. The van der Waals surface area contributed by atoms with Gasteiger partial charge >= 0.3 is 0 Å². The standard InChI is InChI=1S/C13H12F2N2/c1-8-5-6-10(16)12(7-8)17-11-4-2-3-9(14)13(11)15/h2-7,17H,16H2,1H3. The molecule has 0 spiro atoms. The van der Waals surface area contributed by atoms with Gasteiger partial charge in [0.1, 0.15) is 0 Å². The van der Waals surface area contributed by atoms with Gasteiger partial charge in [0.25, 0.3) is 0 Å². The Hall–Kier alpha value is -2.10. The van der Waals surface area contributed by atoms with Crippen molar-refractivity contribution in [2.45, 2.75) is 6.92 Å². The van der Waals surface area contributed by atoms with Gasteiger partial charge in [-0.15, -0.1) is 0 Å². The Morgan fingerprint density at radius 3 is 2.59 bits per heavy atom. The first-order valence-electron chi connectivity index (χ1n) is 5.15. The van der Waals surface area contributed by atoms with Crippen molar-refractivity contribution < 1.29 is 8.78 Å². The molecular weight excluding hydrogens is 222 g/mol. The van der Waals surface area contributed by atoms with Gasteiger partial charge < -0.3 is 11.1 Å². The van der Waals surface area contributed by atoms with Crippen LogP contribution < -0.4 is 11.1 Å². The van der Waals surface area contributed by atoms with E-state index in [-0.39, 0.29) is 5.69 Å². The number of benzene rings is 2. The Morgan fingerprint density at radius 2 is 1.82 bits per heavy atom. The number of nitrogen functional groups attached to an aromatic ring is 1. The molecule has 3 N–H and O–H groups in total. The van der Waals surface area contributed by atoms with Gasteiger partial charge in [-0.2, -0.15) is 0 Å². The molecule has 2 nitrogen and oxygen atoms in total. The summed E-state index contributed by atoms with van der Waals surface area (Å²) in [5, 5.41) is 2.78. The van der Waals surface area contributed by atoms with E-state index < -0.39 is 11.6 Å². The highest BCUT2D eigenvalue weighted by Crippen LogP contribution is 2.26. The summed E-state index contributed by atoms with van der Waals surface area (Å²) in [5.41, 5.74) is 7.85. The van der Waals surface area contributed by atoms with Crippen LogP contribution in [0.25, 0.3) is 0 Å². The van der Waals surface area contributed by atoms with Crippen LogP contribution in [0.3, 0.4) is 0 Å². The molecule has 0 aliphatic rings. The topological polar surface area (TPSA) is 38.0 Å². The molecule has 0 aliphatic heterocycles. The summed E-state index contributed by atoms with van der Waals surface area (Å²) >= 11 is 0. The highest BCUT2D eigenvalue weighted by atomic mass is 19.2. The van der Waals surface area contributed by atoms with Crippen LogP contribution >= 0.6 is 0 Å². The van der Waals surface area contributed by atoms with Crippen molar-refractivity contribution in [2.75, 3.05) is 11.1 Å². The van der Waals surface area contributed by atoms with Crippen LogP contribution in [0.15, 0.2) is 36.4 Å². The second-order valence-electron chi connectivity index (χ2n) is 3.82. The van der Waals surface area contributed by atoms with Crippen molar-refractivity contribution in [1.29, 1.82) is 0 Å². The lowest BCUT2D eigenvalue weighted by atomic mass is 10.2. The van der Waals surface area contributed by atoms with Gasteiger partial charge in [0, 0.05) is 0 Å². The lowest BCUT2D eigenvalue weighted by Gasteiger charge is -2.11. The average Bonchev–Trinajstić information content (AvgIpc) is 2.30. The Morgan fingerprint density at radius 1 is 1.06 bits per heavy atom. The molecule has 88 valence electrons. The zero-order chi connectivity index (χ0) is 12.4. The van der Waals surface area contributed by atoms with Crippen molar-refractivity contribution in [2.24, 2.45) is 0 Å². The maximum absolute atomic E-state index is 13.4. The van der Waals surface area contributed by atoms with E-state index in [4.69, 9.17) is 5.73 Å². The first-order chi connectivity index (χ1) is 8.08. The van der Waals surface area contributed by atoms with E-state index in [1.807, 2.05) is 13.0 Å². The number of halogens is 2. The minimum atomic E-state index is -0.909. The fourth-order valence-corrected chi connectivity index (χ4v) is 1.52. The SMILES string of the molecule is Cc1ccc(N)c(Nc2cccc(F)c2F)c1. The quantitative estimate of drug-likeness (QED) is 0.779. The van der Waals surface area contributed by atoms with Crippen LogP contribution in [0.4, 0.5) is 25.8 Å². The molecule has 0 atom stereocenters. The van der Waals surface area contributed by atoms with Crippen molar-refractivity contribution in [3.05, 3.63) is 53.6 Å². The van der Waals surface area contributed by atoms with Crippen molar-refractivity contribution >= 4 is 17.1 Å². The number of hydrogen-bond donors (Lipinski definition) is 2. The summed E-state index contributed by atoms with van der Waals surface area (Å²) in [6, 6.07) is 9.31. The van der Waals surface area contributed by atoms with Gasteiger partial charge in [-0.3, -0.25) is 0 Å². The van der Waals surface area contributed by atoms with E-state index in [9.17, 15) is 8.78 Å². The smallest absolute Gasteiger partial charge is 0.182 e. The lowest BCUT2D eigenvalue weighted by molar-refractivity contribution is 0.512. The molecule has 0 unspecified atom stereocenters. The van der Waals surface area contributed by atoms with E-state index in [2.05, 4.69) is 5.32 Å². The zero-order valence-electron chi connectivity index (χ0n) is 9.30. The first-order valence-corrected chi connectivity index (χ1v) is 5.15. The Balaban J connectivity index is 2.38. The number of anilines is 3. The van der Waals surface area contributed by atoms with Crippen LogP contribution in [-0.2, 0) is 0 Å². The number of nitrogens with one attached hydrogen (secondary N) is 1. The Labute approximate surface area is 98.1 Å². The average molecular weight is 234 g/mol. The summed E-state index contributed by atoms with van der Waals surface area (Å²) in [6.45, 7) is 1.90. The second-order valence-corrected chi connectivity index (χ2v) is 3.82. The van der Waals surface area contributed by atoms with Crippen LogP contribution in [0.5, 0.6) is 0 Å². The number of nitrogens with two attached hydrogens (primary N) is 1. The Kier molecular flexibility index (Phi) is 2.95. The second kappa shape index (κ2) is 4.41. The molecule has 0 saturated heterocycles. The predicted molar refractivity (Wildman–Crippen MR) is 65.2 cm³/mol. The summed E-state index contributed by atoms with van der Waals surface area (Å²) in [4.78, 5) is 0. The minimum Gasteiger partial charge on any atom is -0.397 e. The highest BCUT2D eigenvalue weighted by Gasteiger charge is 2.08. The van der Waals surface area contributed by atoms with E-state index in [0.29, 0.717) is 11.4 Å². The van der Waals surface area contributed by atoms with Gasteiger partial charge in [-0.05, 0) is 36.8 Å². The minimum absolute atomic E-state index is 0.0716. The van der Waals surface area contributed by atoms with Crippen LogP contribution in [-0.4, -0.2) is 0 Å². The van der Waals surface area contributed by atoms with Gasteiger partial charge in [0.05, 0.1) is 17.1 Å². The van der Waals surface area contributed by atoms with Crippen LogP contribution in [0, 0.1) is 18.6 Å². The van der Waals surface area contributed by atoms with Crippen molar-refractivity contribution in [1.82, 2.24) is 0 Å². The third kappa shape index (κ3) is 2.36. The fourth-order valence-electron chi connectivity index (χ4n) is 1.52. The van der Waals surface area contributed by atoms with Gasteiger partial charge in [-0.1, -0.05) is 12.1 Å². The van der Waals surface area contributed by atoms with E-state index in [0.717, 1.165) is 11.6 Å². The molecular formula is C13H12F2N2. The normalized spacial score (nSPS) is 10.3. The van der Waals surface area contributed by atoms with Crippen molar-refractivity contribution in [3.8, 4) is 0 Å². The molecule has 0 fully saturated rings. The van der Waals surface area contributed by atoms with Crippen LogP contribution in [0.1, 0.15) is 5.56 Å². The fraction of sp³-hybridized carbons (Fsp3) is 0.0769. The van der Waals surface area contributed by atoms with E-state index in [1.54, 1.807) is 12.1 Å². The number of rotatable bonds is 2. The van der Waals surface area contributed by atoms with Crippen molar-refractivity contribution in [3.63, 3.8) is 0 Å². The summed E-state index contributed by atoms with van der Waals surface area (Å²) in [6.07, 6.45) is 0. The van der Waals surface area contributed by atoms with Gasteiger partial charge in [0.15, 0.2) is 11.6 Å². The zero-order valence-corrected chi connectivity index (χ0v) is 9.30. The molecule has 0 aliphatic carbocycles. The summed E-state index contributed by atoms with van der Waals surface area (Å²) in [5.74, 6) is -1.80. The molecule has 0 aromatic heterocycles. The Bertz CT molecular complexity index is 553. The molecule has 0 radical (unpaired) electrons. The summed E-state index contributed by atoms with van der Waals surface area (Å²) < 4.78 is 26.5. The monoisotopic (exact) mass is 234 g/mol. The molecule has 2 aromatic rings. The highest BCUT2D eigenvalue weighted by molar-refractivity contribution is 5.73. The number of aryl methyl sites for hydroxylation is 1. The number of hydrogen-bond acceptors (Lipinski definition) is 2. The van der Waals surface area contributed by atoms with Gasteiger partial charge in [-0.25, -0.2) is 8.78 Å². The van der Waals surface area contributed by atoms with E-state index >= 15 is 0 Å². The third-order valence-corrected chi connectivity index (χ3v) is 2.43. The molecule has 0 amide bonds. The van der Waals surface area contributed by atoms with E-state index in [1.165, 1.54) is 12.1 Å². The van der Waals surface area contributed by atoms with Gasteiger partial charge in [0.2, 0.25) is 0 Å². The third-order valence-electron chi connectivity index (χ3n) is 2.43. The first kappa shape index (κ1) is 11.4. The maximum Gasteiger partial charge on any atom is 0.182 e. The van der Waals surface area contributed by atoms with Crippen LogP contribution in [0.2, 0.25) is 0 Å². The molecule has 0 saturated carbocycles. The predicted octanol–water partition coefficient (Wildman–Crippen LogP) is 3.60. The molecule has 4 heteroatoms. The summed E-state index contributed by atoms with van der Waals surface area (Å²) in [7, 11) is 0. The molecule has 0 bridgehead atoms.